The van der Waals surface area contributed by atoms with Crippen molar-refractivity contribution in [2.75, 3.05) is 19.8 Å². The molecule has 1 saturated heterocycles. The number of aliphatic hydroxyl groups excluding tert-OH is 2. The van der Waals surface area contributed by atoms with Crippen LogP contribution in [0.1, 0.15) is 93.6 Å². The maximum Gasteiger partial charge on any atom is 0.360 e. The van der Waals surface area contributed by atoms with Crippen LogP contribution in [0.4, 0.5) is 0 Å². The highest BCUT2D eigenvalue weighted by atomic mass is 16.7. The van der Waals surface area contributed by atoms with Gasteiger partial charge in [0.25, 0.3) is 5.91 Å². The Morgan fingerprint density at radius 3 is 2.36 bits per heavy atom. The number of amides is 1. The molecule has 2 aromatic carbocycles. The lowest BCUT2D eigenvalue weighted by molar-refractivity contribution is -0.169. The molecule has 0 bridgehead atoms. The smallest absolute Gasteiger partial charge is 0.360 e. The molecule has 1 amide bonds. The molecule has 14 heteroatoms. The van der Waals surface area contributed by atoms with Crippen LogP contribution in [0, 0.1) is 24.2 Å². The fraction of sp³-hybridized carbons (Fsp3) is 0.405. The average molecular weight is 770 g/mol. The Balaban J connectivity index is 1.37. The number of nitrogens with one attached hydrogen (secondary N) is 2. The minimum Gasteiger partial charge on any atom is -0.463 e. The van der Waals surface area contributed by atoms with Gasteiger partial charge in [-0.1, -0.05) is 56.8 Å². The highest BCUT2D eigenvalue weighted by Gasteiger charge is 2.35. The molecule has 5 rings (SSSR count). The van der Waals surface area contributed by atoms with E-state index in [0.29, 0.717) is 34.7 Å². The topological polar surface area (TPSA) is 212 Å². The first-order valence-electron chi connectivity index (χ1n) is 18.5. The first kappa shape index (κ1) is 41.6. The summed E-state index contributed by atoms with van der Waals surface area (Å²) in [4.78, 5) is 69.9. The van der Waals surface area contributed by atoms with Crippen LogP contribution in [0.5, 0.6) is 0 Å². The van der Waals surface area contributed by atoms with Crippen LogP contribution in [-0.2, 0) is 35.0 Å². The van der Waals surface area contributed by atoms with Crippen LogP contribution < -0.4 is 5.32 Å². The van der Waals surface area contributed by atoms with Gasteiger partial charge in [-0.2, -0.15) is 0 Å². The Morgan fingerprint density at radius 1 is 1.02 bits per heavy atom. The zero-order chi connectivity index (χ0) is 40.7. The molecule has 2 aliphatic rings. The van der Waals surface area contributed by atoms with E-state index in [1.165, 1.54) is 19.1 Å². The summed E-state index contributed by atoms with van der Waals surface area (Å²) in [5, 5.41) is 30.7. The van der Waals surface area contributed by atoms with Gasteiger partial charge in [-0.05, 0) is 71.7 Å². The zero-order valence-electron chi connectivity index (χ0n) is 31.8. The number of esters is 3. The number of aromatic nitrogens is 1. The van der Waals surface area contributed by atoms with Crippen molar-refractivity contribution in [2.45, 2.75) is 78.0 Å². The molecule has 3 aromatic rings. The summed E-state index contributed by atoms with van der Waals surface area (Å²) in [6, 6.07) is 13.0. The molecular formula is C42H47N3O11. The molecular weight excluding hydrogens is 722 g/mol. The van der Waals surface area contributed by atoms with Crippen LogP contribution in [0.25, 0.3) is 17.2 Å². The molecule has 1 aliphatic heterocycles. The number of aryl methyl sites for hydroxylation is 1. The van der Waals surface area contributed by atoms with E-state index in [-0.39, 0.29) is 60.1 Å². The fourth-order valence-corrected chi connectivity index (χ4v) is 5.93. The molecule has 4 atom stereocenters. The third-order valence-electron chi connectivity index (χ3n) is 9.47. The molecule has 56 heavy (non-hydrogen) atoms. The molecule has 1 aromatic heterocycles. The first-order valence-corrected chi connectivity index (χ1v) is 18.5. The molecule has 14 nitrogen and oxygen atoms in total. The van der Waals surface area contributed by atoms with Gasteiger partial charge in [0.2, 0.25) is 6.29 Å². The molecule has 2 fully saturated rings. The van der Waals surface area contributed by atoms with E-state index >= 15 is 0 Å². The molecule has 4 N–H and O–H groups in total. The van der Waals surface area contributed by atoms with E-state index in [0.717, 1.165) is 18.4 Å². The fourth-order valence-electron chi connectivity index (χ4n) is 5.93. The summed E-state index contributed by atoms with van der Waals surface area (Å²) >= 11 is 0. The summed E-state index contributed by atoms with van der Waals surface area (Å²) in [7, 11) is 0. The van der Waals surface area contributed by atoms with Crippen molar-refractivity contribution in [3.05, 3.63) is 94.3 Å². The Labute approximate surface area is 324 Å². The second kappa shape index (κ2) is 18.4. The predicted molar refractivity (Wildman–Crippen MR) is 204 cm³/mol. The SMILES string of the molecule is C=Cc1cc(C(=O)Cc2ccc(C(=N)CC(=O)OC[C@H]3OC[C@H](O)[C@@H]3O)cc2)c(-c2ccc(C(=O)NCC3CC3)nc2C(=O)OC(C)OC(=O)C(C)C)cc1C. The Hall–Kier alpha value is -5.57. The highest BCUT2D eigenvalue weighted by molar-refractivity contribution is 6.09. The summed E-state index contributed by atoms with van der Waals surface area (Å²) < 4.78 is 21.1. The van der Waals surface area contributed by atoms with Crippen molar-refractivity contribution < 1.29 is 53.1 Å². The van der Waals surface area contributed by atoms with Crippen LogP contribution >= 0.6 is 0 Å². The second-order valence-corrected chi connectivity index (χ2v) is 14.3. The summed E-state index contributed by atoms with van der Waals surface area (Å²) in [5.74, 6) is -3.09. The second-order valence-electron chi connectivity index (χ2n) is 14.3. The van der Waals surface area contributed by atoms with E-state index in [4.69, 9.17) is 24.4 Å². The Bertz CT molecular complexity index is 2010. The number of ether oxygens (including phenoxy) is 4. The number of carbonyl (C=O) groups excluding carboxylic acids is 5. The normalized spacial score (nSPS) is 18.2. The number of ketones is 1. The van der Waals surface area contributed by atoms with Gasteiger partial charge >= 0.3 is 17.9 Å². The lowest BCUT2D eigenvalue weighted by atomic mass is 9.89. The number of nitrogens with zero attached hydrogens (tertiary/aromatic N) is 1. The largest absolute Gasteiger partial charge is 0.463 e. The molecule has 1 aliphatic carbocycles. The first-order chi connectivity index (χ1) is 26.6. The van der Waals surface area contributed by atoms with Gasteiger partial charge in [-0.25, -0.2) is 9.78 Å². The van der Waals surface area contributed by atoms with Gasteiger partial charge < -0.3 is 39.9 Å². The predicted octanol–water partition coefficient (Wildman–Crippen LogP) is 4.39. The number of hydrogen-bond acceptors (Lipinski definition) is 13. The molecule has 1 saturated carbocycles. The number of benzene rings is 2. The van der Waals surface area contributed by atoms with Gasteiger partial charge in [0.05, 0.1) is 18.9 Å². The number of carbonyl (C=O) groups is 5. The minimum absolute atomic E-state index is 0.0258. The maximum absolute atomic E-state index is 14.1. The van der Waals surface area contributed by atoms with E-state index in [2.05, 4.69) is 16.9 Å². The highest BCUT2D eigenvalue weighted by Crippen LogP contribution is 2.32. The van der Waals surface area contributed by atoms with E-state index in [1.807, 2.05) is 6.92 Å². The van der Waals surface area contributed by atoms with Gasteiger partial charge in [0.15, 0.2) is 11.5 Å². The van der Waals surface area contributed by atoms with E-state index in [1.54, 1.807) is 56.3 Å². The molecule has 1 unspecified atom stereocenters. The minimum atomic E-state index is -1.27. The maximum atomic E-state index is 14.1. The van der Waals surface area contributed by atoms with Crippen molar-refractivity contribution in [1.29, 1.82) is 5.41 Å². The van der Waals surface area contributed by atoms with Gasteiger partial charge in [-0.3, -0.25) is 19.2 Å². The van der Waals surface area contributed by atoms with E-state index < -0.39 is 54.3 Å². The number of pyridine rings is 1. The number of aliphatic hydroxyl groups is 2. The van der Waals surface area contributed by atoms with Crippen LogP contribution in [0.15, 0.2) is 55.1 Å². The lowest BCUT2D eigenvalue weighted by Crippen LogP contribution is -2.33. The Morgan fingerprint density at radius 2 is 1.73 bits per heavy atom. The van der Waals surface area contributed by atoms with Crippen LogP contribution in [0.2, 0.25) is 0 Å². The molecule has 296 valence electrons. The standard InChI is InChI=1S/C42H47N3O11/c1-6-27-17-31(34(46)16-25-9-11-28(12-10-25)32(43)18-37(48)54-21-36-39(49)35(47)20-53-36)30(15-23(27)4)29-13-14-33(40(50)44-19-26-7-8-26)45-38(29)42(52)56-24(5)55-41(51)22(2)3/h6,9-15,17,22,24,26,35-36,39,43,47,49H,1,7-8,16,18-21H2,2-5H3,(H,44,50)/t24?,35-,36+,39-/m0/s1. The van der Waals surface area contributed by atoms with Gasteiger partial charge in [0.1, 0.15) is 30.6 Å². The monoisotopic (exact) mass is 769 g/mol. The van der Waals surface area contributed by atoms with Gasteiger partial charge in [0, 0.05) is 36.7 Å². The zero-order valence-corrected chi connectivity index (χ0v) is 31.8. The summed E-state index contributed by atoms with van der Waals surface area (Å²) in [6.45, 7) is 10.5. The number of Topliss-reactive ketones (excluding diaryl/α,β-unsaturated/α-hetero) is 1. The third kappa shape index (κ3) is 10.6. The van der Waals surface area contributed by atoms with Crippen molar-refractivity contribution >= 4 is 41.4 Å². The lowest BCUT2D eigenvalue weighted by Gasteiger charge is -2.18. The van der Waals surface area contributed by atoms with Crippen LogP contribution in [-0.4, -0.2) is 94.9 Å². The average Bonchev–Trinajstić information content (AvgIpc) is 3.95. The van der Waals surface area contributed by atoms with E-state index in [9.17, 15) is 34.2 Å². The number of rotatable bonds is 17. The molecule has 0 radical (unpaired) electrons. The molecule has 0 spiro atoms. The van der Waals surface area contributed by atoms with Gasteiger partial charge in [-0.15, -0.1) is 0 Å². The summed E-state index contributed by atoms with van der Waals surface area (Å²) in [5.41, 5.74) is 2.99. The third-order valence-corrected chi connectivity index (χ3v) is 9.47. The molecule has 2 heterocycles. The summed E-state index contributed by atoms with van der Waals surface area (Å²) in [6.07, 6.45) is -1.10. The van der Waals surface area contributed by atoms with Crippen molar-refractivity contribution in [3.8, 4) is 11.1 Å². The Kier molecular flexibility index (Phi) is 13.6. The van der Waals surface area contributed by atoms with Crippen molar-refractivity contribution in [3.63, 3.8) is 0 Å². The quantitative estimate of drug-likeness (QED) is 0.0652. The van der Waals surface area contributed by atoms with Crippen molar-refractivity contribution in [1.82, 2.24) is 10.3 Å². The van der Waals surface area contributed by atoms with Crippen molar-refractivity contribution in [2.24, 2.45) is 11.8 Å². The number of hydrogen-bond donors (Lipinski definition) is 4. The van der Waals surface area contributed by atoms with Crippen LogP contribution in [0.3, 0.4) is 0 Å².